The van der Waals surface area contributed by atoms with Crippen LogP contribution in [0.3, 0.4) is 0 Å². The van der Waals surface area contributed by atoms with Crippen molar-refractivity contribution < 1.29 is 24.5 Å². The van der Waals surface area contributed by atoms with Gasteiger partial charge >= 0.3 is 0 Å². The summed E-state index contributed by atoms with van der Waals surface area (Å²) in [7, 11) is 5.01. The number of aromatic hydroxyl groups is 1. The average molecular weight is 481 g/mol. The monoisotopic (exact) mass is 480 g/mol. The van der Waals surface area contributed by atoms with Crippen LogP contribution in [0, 0.1) is 13.8 Å². The van der Waals surface area contributed by atoms with Crippen molar-refractivity contribution in [2.75, 3.05) is 21.3 Å². The van der Waals surface area contributed by atoms with Crippen molar-refractivity contribution in [3.05, 3.63) is 53.1 Å². The molecule has 0 fully saturated rings. The van der Waals surface area contributed by atoms with Crippen LogP contribution in [0.25, 0.3) is 0 Å². The molecular formula is C18H24O5S5. The molecule has 5 nitrogen and oxygen atoms in total. The number of carbonyl (C=O) groups excluding carboxylic acids is 1. The summed E-state index contributed by atoms with van der Waals surface area (Å²) in [6, 6.07) is 10.7. The highest BCUT2D eigenvalue weighted by molar-refractivity contribution is 8.37. The molecule has 0 saturated heterocycles. The van der Waals surface area contributed by atoms with E-state index in [1.807, 2.05) is 32.0 Å². The molecule has 0 aliphatic heterocycles. The number of aldehydes is 1. The van der Waals surface area contributed by atoms with E-state index in [-0.39, 0.29) is 5.75 Å². The minimum atomic E-state index is 0.188. The molecule has 2 rings (SSSR count). The third-order valence-corrected chi connectivity index (χ3v) is 2.85. The Morgan fingerprint density at radius 3 is 1.64 bits per heavy atom. The van der Waals surface area contributed by atoms with Crippen molar-refractivity contribution in [3.8, 4) is 17.2 Å². The third kappa shape index (κ3) is 14.6. The first-order valence-electron chi connectivity index (χ1n) is 7.40. The number of aryl methyl sites for hydroxylation is 2. The molecule has 0 heterocycles. The summed E-state index contributed by atoms with van der Waals surface area (Å²) in [5, 5.41) is 16.1. The molecule has 0 aliphatic rings. The van der Waals surface area contributed by atoms with Gasteiger partial charge in [0.1, 0.15) is 5.75 Å². The van der Waals surface area contributed by atoms with Gasteiger partial charge in [0.15, 0.2) is 17.8 Å². The predicted molar refractivity (Wildman–Crippen MR) is 127 cm³/mol. The molecular weight excluding hydrogens is 457 g/mol. The summed E-state index contributed by atoms with van der Waals surface area (Å²) < 4.78 is 9.86. The number of aliphatic hydroxyl groups is 1. The zero-order valence-corrected chi connectivity index (χ0v) is 20.3. The van der Waals surface area contributed by atoms with Gasteiger partial charge in [-0.15, -0.1) is 0 Å². The van der Waals surface area contributed by atoms with Gasteiger partial charge in [-0.1, -0.05) is 12.1 Å². The molecule has 0 atom stereocenters. The number of rotatable bonds is 3. The van der Waals surface area contributed by atoms with E-state index < -0.39 is 0 Å². The summed E-state index contributed by atoms with van der Waals surface area (Å²) in [6.07, 6.45) is 0.790. The van der Waals surface area contributed by atoms with Crippen LogP contribution >= 0.6 is 0 Å². The summed E-state index contributed by atoms with van der Waals surface area (Å²) in [5.74, 6) is 1.35. The van der Waals surface area contributed by atoms with Gasteiger partial charge in [0.05, 0.1) is 19.8 Å². The number of methoxy groups -OCH3 is 2. The van der Waals surface area contributed by atoms with E-state index in [1.165, 1.54) is 7.11 Å². The molecule has 0 radical (unpaired) electrons. The maximum Gasteiger partial charge on any atom is 0.160 e. The molecule has 0 spiro atoms. The molecule has 0 amide bonds. The molecule has 10 heteroatoms. The Balaban J connectivity index is -0.000000340. The second-order valence-electron chi connectivity index (χ2n) is 4.61. The standard InChI is InChI=1S/C9H10O2.C8H10O2.CH4O.S3.S2/c1-7-3-4-8(6-10)9(5-7)11-2;1-6-3-4-7(9)8(5-6)10-2;1-2;1-3-2;1-2/h3-6H,1-2H3;3-5,9H,1-2H3;2H,1H3;;. The summed E-state index contributed by atoms with van der Waals surface area (Å²) in [6.45, 7) is 3.90. The van der Waals surface area contributed by atoms with Gasteiger partial charge in [0.25, 0.3) is 0 Å². The van der Waals surface area contributed by atoms with E-state index in [9.17, 15) is 4.79 Å². The van der Waals surface area contributed by atoms with Gasteiger partial charge in [-0.05, 0) is 49.2 Å². The second-order valence-corrected chi connectivity index (χ2v) is 6.38. The SMILES string of the molecule is CO.COc1cc(C)ccc1C=O.COc1cc(C)ccc1O.S=S.S=S=S. The molecule has 2 aromatic carbocycles. The van der Waals surface area contributed by atoms with Gasteiger partial charge in [-0.25, -0.2) is 0 Å². The van der Waals surface area contributed by atoms with Crippen LogP contribution in [-0.2, 0) is 53.6 Å². The molecule has 2 aromatic rings. The number of phenolic OH excluding ortho intramolecular Hbond substituents is 1. The Labute approximate surface area is 189 Å². The topological polar surface area (TPSA) is 76.0 Å². The lowest BCUT2D eigenvalue weighted by molar-refractivity contribution is 0.112. The van der Waals surface area contributed by atoms with E-state index >= 15 is 0 Å². The lowest BCUT2D eigenvalue weighted by Crippen LogP contribution is -1.90. The quantitative estimate of drug-likeness (QED) is 0.644. The van der Waals surface area contributed by atoms with E-state index in [1.54, 1.807) is 25.3 Å². The van der Waals surface area contributed by atoms with Crippen LogP contribution in [0.15, 0.2) is 36.4 Å². The van der Waals surface area contributed by atoms with Gasteiger partial charge < -0.3 is 19.7 Å². The highest BCUT2D eigenvalue weighted by Crippen LogP contribution is 2.25. The van der Waals surface area contributed by atoms with Gasteiger partial charge in [-0.3, -0.25) is 4.79 Å². The molecule has 0 aromatic heterocycles. The predicted octanol–water partition coefficient (Wildman–Crippen LogP) is 3.12. The van der Waals surface area contributed by atoms with E-state index in [2.05, 4.69) is 44.8 Å². The highest BCUT2D eigenvalue weighted by atomic mass is 33.1. The molecule has 2 N–H and O–H groups in total. The van der Waals surface area contributed by atoms with Crippen molar-refractivity contribution >= 4 is 59.9 Å². The molecule has 0 aliphatic carbocycles. The lowest BCUT2D eigenvalue weighted by Gasteiger charge is -2.02. The zero-order valence-electron chi connectivity index (χ0n) is 16.2. The summed E-state index contributed by atoms with van der Waals surface area (Å²) >= 11 is 15.6. The Bertz CT molecular complexity index is 720. The molecule has 0 saturated carbocycles. The fourth-order valence-electron chi connectivity index (χ4n) is 1.70. The summed E-state index contributed by atoms with van der Waals surface area (Å²) in [4.78, 5) is 10.4. The average Bonchev–Trinajstić information content (AvgIpc) is 2.73. The molecule has 28 heavy (non-hydrogen) atoms. The normalized spacial score (nSPS) is 7.79. The number of ether oxygens (including phenoxy) is 2. The van der Waals surface area contributed by atoms with Crippen LogP contribution < -0.4 is 9.47 Å². The Kier molecular flexibility index (Phi) is 24.4. The van der Waals surface area contributed by atoms with Crippen LogP contribution in [-0.4, -0.2) is 37.8 Å². The van der Waals surface area contributed by atoms with E-state index in [4.69, 9.17) is 19.7 Å². The molecule has 0 unspecified atom stereocenters. The third-order valence-electron chi connectivity index (χ3n) is 2.85. The van der Waals surface area contributed by atoms with Crippen LogP contribution in [0.5, 0.6) is 17.2 Å². The molecule has 0 bridgehead atoms. The van der Waals surface area contributed by atoms with Crippen LogP contribution in [0.4, 0.5) is 0 Å². The Hall–Kier alpha value is -1.43. The largest absolute Gasteiger partial charge is 0.504 e. The Morgan fingerprint density at radius 1 is 0.893 bits per heavy atom. The fraction of sp³-hybridized carbons (Fsp3) is 0.278. The van der Waals surface area contributed by atoms with Crippen LogP contribution in [0.2, 0.25) is 0 Å². The van der Waals surface area contributed by atoms with E-state index in [0.29, 0.717) is 17.1 Å². The van der Waals surface area contributed by atoms with Crippen molar-refractivity contribution in [2.45, 2.75) is 13.8 Å². The number of phenols is 1. The number of carbonyl (C=O) groups is 1. The number of benzene rings is 2. The first-order chi connectivity index (χ1) is 13.4. The fourth-order valence-corrected chi connectivity index (χ4v) is 1.70. The number of hydrogen-bond donors (Lipinski definition) is 2. The van der Waals surface area contributed by atoms with Gasteiger partial charge in [0, 0.05) is 60.7 Å². The van der Waals surface area contributed by atoms with Crippen molar-refractivity contribution in [3.63, 3.8) is 0 Å². The summed E-state index contributed by atoms with van der Waals surface area (Å²) in [5.41, 5.74) is 2.76. The molecule has 156 valence electrons. The number of hydrogen-bond acceptors (Lipinski definition) is 9. The van der Waals surface area contributed by atoms with E-state index in [0.717, 1.165) is 33.4 Å². The maximum atomic E-state index is 10.4. The minimum Gasteiger partial charge on any atom is -0.504 e. The number of aliphatic hydroxyl groups excluding tert-OH is 1. The lowest BCUT2D eigenvalue weighted by atomic mass is 10.1. The first kappa shape index (κ1) is 31.3. The van der Waals surface area contributed by atoms with Crippen molar-refractivity contribution in [1.29, 1.82) is 0 Å². The maximum absolute atomic E-state index is 10.4. The first-order valence-corrected chi connectivity index (χ1v) is 11.4. The smallest absolute Gasteiger partial charge is 0.160 e. The van der Waals surface area contributed by atoms with Gasteiger partial charge in [-0.2, -0.15) is 0 Å². The highest BCUT2D eigenvalue weighted by Gasteiger charge is 1.99. The Morgan fingerprint density at radius 2 is 1.29 bits per heavy atom. The van der Waals surface area contributed by atoms with Gasteiger partial charge in [0.2, 0.25) is 0 Å². The van der Waals surface area contributed by atoms with Crippen molar-refractivity contribution in [2.24, 2.45) is 0 Å². The minimum absolute atomic E-state index is 0.188. The second kappa shape index (κ2) is 21.9. The van der Waals surface area contributed by atoms with Crippen LogP contribution in [0.1, 0.15) is 21.5 Å². The van der Waals surface area contributed by atoms with Crippen molar-refractivity contribution in [1.82, 2.24) is 0 Å². The zero-order chi connectivity index (χ0) is 22.5.